The Labute approximate surface area is 148 Å². The molecule has 1 saturated heterocycles. The van der Waals surface area contributed by atoms with E-state index in [4.69, 9.17) is 4.52 Å². The number of aromatic nitrogens is 3. The molecule has 25 heavy (non-hydrogen) atoms. The molecule has 0 unspecified atom stereocenters. The van der Waals surface area contributed by atoms with Crippen molar-refractivity contribution in [2.24, 2.45) is 5.92 Å². The molecule has 2 atom stereocenters. The van der Waals surface area contributed by atoms with Crippen molar-refractivity contribution in [3.8, 4) is 0 Å². The van der Waals surface area contributed by atoms with E-state index < -0.39 is 0 Å². The molecule has 1 aliphatic heterocycles. The molecule has 0 bridgehead atoms. The molecule has 2 aromatic heterocycles. The summed E-state index contributed by atoms with van der Waals surface area (Å²) in [7, 11) is 0. The first-order valence-electron chi connectivity index (χ1n) is 8.92. The Hall–Kier alpha value is -2.31. The number of nitrogens with zero attached hydrogens (tertiary/aromatic N) is 4. The van der Waals surface area contributed by atoms with E-state index in [0.29, 0.717) is 12.5 Å². The van der Waals surface area contributed by atoms with Crippen LogP contribution in [0.3, 0.4) is 0 Å². The van der Waals surface area contributed by atoms with Gasteiger partial charge >= 0.3 is 6.03 Å². The first-order valence-corrected chi connectivity index (χ1v) is 8.92. The average molecular weight is 345 g/mol. The summed E-state index contributed by atoms with van der Waals surface area (Å²) in [5.74, 6) is 1.08. The molecular weight excluding hydrogens is 318 g/mol. The summed E-state index contributed by atoms with van der Waals surface area (Å²) in [6, 6.07) is 3.95. The number of carbonyl (C=O) groups excluding carboxylic acids is 1. The summed E-state index contributed by atoms with van der Waals surface area (Å²) in [5.41, 5.74) is 3.02. The third kappa shape index (κ3) is 4.03. The normalized spacial score (nSPS) is 18.6. The summed E-state index contributed by atoms with van der Waals surface area (Å²) >= 11 is 0. The van der Waals surface area contributed by atoms with Crippen LogP contribution in [0.5, 0.6) is 0 Å². The van der Waals surface area contributed by atoms with E-state index in [-0.39, 0.29) is 12.1 Å². The van der Waals surface area contributed by atoms with Crippen LogP contribution in [0.25, 0.3) is 0 Å². The molecule has 0 aromatic carbocycles. The van der Waals surface area contributed by atoms with Gasteiger partial charge in [-0.05, 0) is 45.6 Å². The minimum Gasteiger partial charge on any atom is -0.359 e. The van der Waals surface area contributed by atoms with E-state index in [1.54, 1.807) is 0 Å². The van der Waals surface area contributed by atoms with Gasteiger partial charge < -0.3 is 14.7 Å². The van der Waals surface area contributed by atoms with Gasteiger partial charge in [0.05, 0.1) is 17.4 Å². The predicted molar refractivity (Wildman–Crippen MR) is 94.2 cm³/mol. The molecule has 1 N–H and O–H groups in total. The molecule has 3 rings (SSSR count). The van der Waals surface area contributed by atoms with Gasteiger partial charge in [0, 0.05) is 31.4 Å². The lowest BCUT2D eigenvalue weighted by molar-refractivity contribution is 0.180. The predicted octanol–water partition coefficient (Wildman–Crippen LogP) is 2.98. The van der Waals surface area contributed by atoms with Gasteiger partial charge in [0.15, 0.2) is 5.76 Å². The van der Waals surface area contributed by atoms with Crippen molar-refractivity contribution in [2.75, 3.05) is 13.1 Å². The van der Waals surface area contributed by atoms with Gasteiger partial charge in [0.25, 0.3) is 0 Å². The van der Waals surface area contributed by atoms with E-state index in [0.717, 1.165) is 48.8 Å². The van der Waals surface area contributed by atoms with Crippen LogP contribution in [0.2, 0.25) is 0 Å². The molecular formula is C18H27N5O2. The van der Waals surface area contributed by atoms with Crippen LogP contribution in [0.4, 0.5) is 4.79 Å². The Balaban J connectivity index is 1.54. The number of urea groups is 1. The first kappa shape index (κ1) is 17.5. The van der Waals surface area contributed by atoms with Gasteiger partial charge in [-0.2, -0.15) is 5.10 Å². The Bertz CT molecular complexity index is 736. The van der Waals surface area contributed by atoms with Crippen molar-refractivity contribution in [1.82, 2.24) is 25.2 Å². The maximum Gasteiger partial charge on any atom is 0.318 e. The highest BCUT2D eigenvalue weighted by Crippen LogP contribution is 2.32. The van der Waals surface area contributed by atoms with E-state index in [1.807, 2.05) is 29.5 Å². The standard InChI is InChI=1S/C18H27N5O2/c1-12(11-23-15(4)8-13(2)20-23)10-19-18(24)22-7-5-6-16(22)17-9-14(3)21-25-17/h8-9,12,16H,5-7,10-11H2,1-4H3,(H,19,24)/t12-,16+/m0/s1. The number of hydrogen-bond donors (Lipinski definition) is 1. The van der Waals surface area contributed by atoms with E-state index in [1.165, 1.54) is 0 Å². The number of amides is 2. The maximum atomic E-state index is 12.6. The van der Waals surface area contributed by atoms with Crippen molar-refractivity contribution in [3.05, 3.63) is 35.0 Å². The fourth-order valence-corrected chi connectivity index (χ4v) is 3.43. The van der Waals surface area contributed by atoms with E-state index in [9.17, 15) is 4.79 Å². The SMILES string of the molecule is Cc1cc([C@H]2CCCN2C(=O)NC[C@H](C)Cn2nc(C)cc2C)on1. The highest BCUT2D eigenvalue weighted by Gasteiger charge is 2.32. The third-order valence-electron chi connectivity index (χ3n) is 4.68. The van der Waals surface area contributed by atoms with Crippen LogP contribution in [0, 0.1) is 26.7 Å². The molecule has 2 aromatic rings. The number of nitrogens with one attached hydrogen (secondary N) is 1. The van der Waals surface area contributed by atoms with Crippen LogP contribution < -0.4 is 5.32 Å². The van der Waals surface area contributed by atoms with Crippen molar-refractivity contribution >= 4 is 6.03 Å². The number of rotatable bonds is 5. The second kappa shape index (κ2) is 7.29. The largest absolute Gasteiger partial charge is 0.359 e. The summed E-state index contributed by atoms with van der Waals surface area (Å²) in [4.78, 5) is 14.5. The van der Waals surface area contributed by atoms with Crippen LogP contribution in [0.15, 0.2) is 16.7 Å². The summed E-state index contributed by atoms with van der Waals surface area (Å²) in [6.07, 6.45) is 1.91. The monoisotopic (exact) mass is 345 g/mol. The van der Waals surface area contributed by atoms with E-state index in [2.05, 4.69) is 35.5 Å². The van der Waals surface area contributed by atoms with Gasteiger partial charge in [0.2, 0.25) is 0 Å². The molecule has 2 amide bonds. The van der Waals surface area contributed by atoms with Crippen LogP contribution in [-0.2, 0) is 6.54 Å². The molecule has 7 heteroatoms. The zero-order valence-electron chi connectivity index (χ0n) is 15.5. The summed E-state index contributed by atoms with van der Waals surface area (Å²) < 4.78 is 7.37. The molecule has 0 spiro atoms. The number of carbonyl (C=O) groups is 1. The number of hydrogen-bond acceptors (Lipinski definition) is 4. The zero-order valence-corrected chi connectivity index (χ0v) is 15.5. The lowest BCUT2D eigenvalue weighted by Gasteiger charge is -2.24. The Morgan fingerprint density at radius 2 is 2.16 bits per heavy atom. The molecule has 3 heterocycles. The number of likely N-dealkylation sites (tertiary alicyclic amines) is 1. The van der Waals surface area contributed by atoms with Crippen LogP contribution in [0.1, 0.15) is 48.6 Å². The highest BCUT2D eigenvalue weighted by atomic mass is 16.5. The van der Waals surface area contributed by atoms with Crippen LogP contribution in [-0.4, -0.2) is 39.0 Å². The number of aryl methyl sites for hydroxylation is 3. The summed E-state index contributed by atoms with van der Waals surface area (Å²) in [6.45, 7) is 10.2. The molecule has 0 saturated carbocycles. The smallest absolute Gasteiger partial charge is 0.318 e. The maximum absolute atomic E-state index is 12.6. The van der Waals surface area contributed by atoms with Crippen molar-refractivity contribution in [2.45, 2.75) is 53.1 Å². The van der Waals surface area contributed by atoms with Gasteiger partial charge in [-0.3, -0.25) is 4.68 Å². The molecule has 136 valence electrons. The second-order valence-corrected chi connectivity index (χ2v) is 7.12. The third-order valence-corrected chi connectivity index (χ3v) is 4.68. The Morgan fingerprint density at radius 3 is 2.80 bits per heavy atom. The Morgan fingerprint density at radius 1 is 1.36 bits per heavy atom. The van der Waals surface area contributed by atoms with Gasteiger partial charge in [-0.1, -0.05) is 12.1 Å². The highest BCUT2D eigenvalue weighted by molar-refractivity contribution is 5.75. The Kier molecular flexibility index (Phi) is 5.11. The van der Waals surface area contributed by atoms with Gasteiger partial charge in [-0.15, -0.1) is 0 Å². The second-order valence-electron chi connectivity index (χ2n) is 7.12. The van der Waals surface area contributed by atoms with Crippen molar-refractivity contribution in [1.29, 1.82) is 0 Å². The lowest BCUT2D eigenvalue weighted by atomic mass is 10.1. The quantitative estimate of drug-likeness (QED) is 0.904. The fraction of sp³-hybridized carbons (Fsp3) is 0.611. The average Bonchev–Trinajstić information content (AvgIpc) is 3.26. The van der Waals surface area contributed by atoms with Gasteiger partial charge in [0.1, 0.15) is 0 Å². The molecule has 0 aliphatic carbocycles. The molecule has 1 fully saturated rings. The van der Waals surface area contributed by atoms with E-state index >= 15 is 0 Å². The lowest BCUT2D eigenvalue weighted by Crippen LogP contribution is -2.41. The first-order chi connectivity index (χ1) is 11.9. The summed E-state index contributed by atoms with van der Waals surface area (Å²) in [5, 5.41) is 11.5. The molecule has 7 nitrogen and oxygen atoms in total. The topological polar surface area (TPSA) is 76.2 Å². The van der Waals surface area contributed by atoms with Gasteiger partial charge in [-0.25, -0.2) is 4.79 Å². The zero-order chi connectivity index (χ0) is 18.0. The minimum absolute atomic E-state index is 0.00693. The molecule has 1 aliphatic rings. The molecule has 0 radical (unpaired) electrons. The van der Waals surface area contributed by atoms with Crippen LogP contribution >= 0.6 is 0 Å². The van der Waals surface area contributed by atoms with Crippen molar-refractivity contribution < 1.29 is 9.32 Å². The minimum atomic E-state index is -0.0308. The van der Waals surface area contributed by atoms with Crippen molar-refractivity contribution in [3.63, 3.8) is 0 Å². The fourth-order valence-electron chi connectivity index (χ4n) is 3.43.